The molecule has 0 radical (unpaired) electrons. The summed E-state index contributed by atoms with van der Waals surface area (Å²) in [5.41, 5.74) is -0.585. The molecule has 1 aromatic heterocycles. The Morgan fingerprint density at radius 2 is 1.90 bits per heavy atom. The molecule has 4 nitrogen and oxygen atoms in total. The summed E-state index contributed by atoms with van der Waals surface area (Å²) in [5, 5.41) is 3.95. The van der Waals surface area contributed by atoms with Gasteiger partial charge in [-0.2, -0.15) is 18.3 Å². The molecule has 1 aliphatic carbocycles. The summed E-state index contributed by atoms with van der Waals surface area (Å²) in [6.07, 6.45) is -3.98. The zero-order chi connectivity index (χ0) is 21.0. The first-order chi connectivity index (χ1) is 13.6. The monoisotopic (exact) mass is 439 g/mol. The Hall–Kier alpha value is -1.03. The molecule has 0 N–H and O–H groups in total. The van der Waals surface area contributed by atoms with Gasteiger partial charge in [0.2, 0.25) is 0 Å². The van der Waals surface area contributed by atoms with Gasteiger partial charge in [-0.05, 0) is 56.2 Å². The van der Waals surface area contributed by atoms with Crippen molar-refractivity contribution in [2.24, 2.45) is 11.3 Å². The topological polar surface area (TPSA) is 38.1 Å². The largest absolute Gasteiger partial charge is 0.433 e. The normalized spacial score (nSPS) is 30.9. The van der Waals surface area contributed by atoms with E-state index in [0.29, 0.717) is 11.1 Å². The van der Waals surface area contributed by atoms with Crippen molar-refractivity contribution in [3.8, 4) is 0 Å². The lowest BCUT2D eigenvalue weighted by Gasteiger charge is -2.48. The first kappa shape index (κ1) is 21.2. The molecule has 10 heteroatoms. The molecule has 4 rings (SSSR count). The van der Waals surface area contributed by atoms with Crippen molar-refractivity contribution in [1.29, 1.82) is 0 Å². The van der Waals surface area contributed by atoms with Crippen LogP contribution in [0.3, 0.4) is 0 Å². The van der Waals surface area contributed by atoms with Gasteiger partial charge in [0.05, 0.1) is 5.69 Å². The highest BCUT2D eigenvalue weighted by Crippen LogP contribution is 2.46. The fourth-order valence-corrected chi connectivity index (χ4v) is 7.19. The number of nitrogens with zero attached hydrogens (tertiary/aromatic N) is 3. The van der Waals surface area contributed by atoms with Crippen LogP contribution in [-0.4, -0.2) is 56.0 Å². The molecule has 1 aromatic rings. The number of hydrogen-bond donors (Lipinski definition) is 0. The average molecular weight is 439 g/mol. The van der Waals surface area contributed by atoms with Crippen LogP contribution in [0.25, 0.3) is 0 Å². The van der Waals surface area contributed by atoms with Gasteiger partial charge in [0.15, 0.2) is 0 Å². The van der Waals surface area contributed by atoms with Crippen LogP contribution in [0.1, 0.15) is 49.9 Å². The zero-order valence-corrected chi connectivity index (χ0v) is 17.1. The minimum Gasteiger partial charge on any atom is -0.300 e. The number of halogens is 5. The van der Waals surface area contributed by atoms with Crippen LogP contribution in [0.5, 0.6) is 0 Å². The highest BCUT2D eigenvalue weighted by Gasteiger charge is 2.47. The molecular formula is C19H26F5N3OS. The Morgan fingerprint density at radius 1 is 1.24 bits per heavy atom. The van der Waals surface area contributed by atoms with Gasteiger partial charge >= 0.3 is 6.18 Å². The molecule has 0 amide bonds. The molecule has 3 atom stereocenters. The standard InChI is InChI=1S/C19H26F5N3OS/c1-12-6-13(26-4-2-18(3-5-26)10-29(28)11-18)7-14(12)15-8-16(19(22,23)24)27(25-15)9-17(20)21/h8,12-14,17H,2-7,9-11H2,1H3/t12?,13?,14-/m1/s1. The second kappa shape index (κ2) is 7.59. The van der Waals surface area contributed by atoms with Crippen molar-refractivity contribution in [1.82, 2.24) is 14.7 Å². The number of piperidine rings is 1. The molecular weight excluding hydrogens is 413 g/mol. The Balaban J connectivity index is 1.45. The van der Waals surface area contributed by atoms with Gasteiger partial charge < -0.3 is 4.90 Å². The number of likely N-dealkylation sites (tertiary alicyclic amines) is 1. The van der Waals surface area contributed by atoms with E-state index in [9.17, 15) is 26.2 Å². The van der Waals surface area contributed by atoms with E-state index in [1.165, 1.54) is 0 Å². The Bertz CT molecular complexity index is 762. The Kier molecular flexibility index (Phi) is 5.55. The van der Waals surface area contributed by atoms with Gasteiger partial charge in [-0.1, -0.05) is 6.92 Å². The number of alkyl halides is 5. The predicted octanol–water partition coefficient (Wildman–Crippen LogP) is 3.89. The average Bonchev–Trinajstić information content (AvgIpc) is 3.17. The second-order valence-corrected chi connectivity index (χ2v) is 10.5. The van der Waals surface area contributed by atoms with E-state index in [0.717, 1.165) is 49.9 Å². The van der Waals surface area contributed by atoms with Crippen LogP contribution in [-0.2, 0) is 23.5 Å². The lowest BCUT2D eigenvalue weighted by atomic mass is 9.80. The van der Waals surface area contributed by atoms with Crippen molar-refractivity contribution in [2.45, 2.75) is 63.7 Å². The smallest absolute Gasteiger partial charge is 0.300 e. The minimum atomic E-state index is -4.70. The van der Waals surface area contributed by atoms with Crippen molar-refractivity contribution < 1.29 is 26.2 Å². The predicted molar refractivity (Wildman–Crippen MR) is 99.3 cm³/mol. The highest BCUT2D eigenvalue weighted by molar-refractivity contribution is 7.86. The van der Waals surface area contributed by atoms with Gasteiger partial charge in [0, 0.05) is 34.3 Å². The molecule has 0 bridgehead atoms. The van der Waals surface area contributed by atoms with Gasteiger partial charge in [0.25, 0.3) is 6.43 Å². The van der Waals surface area contributed by atoms with E-state index in [-0.39, 0.29) is 29.0 Å². The highest BCUT2D eigenvalue weighted by atomic mass is 32.2. The molecule has 164 valence electrons. The van der Waals surface area contributed by atoms with Crippen LogP contribution in [0.4, 0.5) is 22.0 Å². The van der Waals surface area contributed by atoms with Gasteiger partial charge in [-0.3, -0.25) is 8.89 Å². The molecule has 1 spiro atoms. The molecule has 3 aliphatic rings. The van der Waals surface area contributed by atoms with Crippen molar-refractivity contribution in [3.63, 3.8) is 0 Å². The third-order valence-electron chi connectivity index (χ3n) is 6.95. The van der Waals surface area contributed by atoms with E-state index < -0.39 is 35.6 Å². The summed E-state index contributed by atoms with van der Waals surface area (Å²) in [7, 11) is -0.665. The molecule has 1 saturated carbocycles. The maximum absolute atomic E-state index is 13.3. The lowest BCUT2D eigenvalue weighted by Crippen LogP contribution is -2.53. The molecule has 3 heterocycles. The summed E-state index contributed by atoms with van der Waals surface area (Å²) < 4.78 is 77.1. The first-order valence-electron chi connectivity index (χ1n) is 10.1. The van der Waals surface area contributed by atoms with Gasteiger partial charge in [0.1, 0.15) is 12.2 Å². The minimum absolute atomic E-state index is 0.142. The number of hydrogen-bond acceptors (Lipinski definition) is 3. The van der Waals surface area contributed by atoms with Crippen molar-refractivity contribution in [2.75, 3.05) is 24.6 Å². The second-order valence-electron chi connectivity index (χ2n) is 9.00. The van der Waals surface area contributed by atoms with E-state index in [1.807, 2.05) is 6.92 Å². The fraction of sp³-hybridized carbons (Fsp3) is 0.842. The summed E-state index contributed by atoms with van der Waals surface area (Å²) >= 11 is 0. The van der Waals surface area contributed by atoms with Crippen molar-refractivity contribution >= 4 is 10.8 Å². The van der Waals surface area contributed by atoms with E-state index in [1.54, 1.807) is 0 Å². The molecule has 29 heavy (non-hydrogen) atoms. The van der Waals surface area contributed by atoms with Crippen LogP contribution in [0, 0.1) is 11.3 Å². The van der Waals surface area contributed by atoms with Crippen LogP contribution < -0.4 is 0 Å². The quantitative estimate of drug-likeness (QED) is 0.668. The molecule has 2 unspecified atom stereocenters. The number of aromatic nitrogens is 2. The van der Waals surface area contributed by atoms with E-state index in [4.69, 9.17) is 0 Å². The molecule has 0 aromatic carbocycles. The van der Waals surface area contributed by atoms with Gasteiger partial charge in [-0.25, -0.2) is 8.78 Å². The maximum Gasteiger partial charge on any atom is 0.433 e. The van der Waals surface area contributed by atoms with Gasteiger partial charge in [-0.15, -0.1) is 0 Å². The molecule has 2 saturated heterocycles. The molecule has 3 fully saturated rings. The fourth-order valence-electron chi connectivity index (χ4n) is 5.33. The maximum atomic E-state index is 13.3. The summed E-state index contributed by atoms with van der Waals surface area (Å²) in [4.78, 5) is 2.41. The van der Waals surface area contributed by atoms with E-state index in [2.05, 4.69) is 10.00 Å². The lowest BCUT2D eigenvalue weighted by molar-refractivity contribution is -0.144. The Labute approximate surface area is 169 Å². The summed E-state index contributed by atoms with van der Waals surface area (Å²) in [6.45, 7) is 2.81. The van der Waals surface area contributed by atoms with Crippen LogP contribution >= 0.6 is 0 Å². The summed E-state index contributed by atoms with van der Waals surface area (Å²) in [5.74, 6) is 1.58. The number of rotatable bonds is 4. The first-order valence-corrected chi connectivity index (χ1v) is 11.6. The van der Waals surface area contributed by atoms with Crippen LogP contribution in [0.15, 0.2) is 6.07 Å². The van der Waals surface area contributed by atoms with Crippen LogP contribution in [0.2, 0.25) is 0 Å². The third kappa shape index (κ3) is 4.24. The Morgan fingerprint density at radius 3 is 2.45 bits per heavy atom. The zero-order valence-electron chi connectivity index (χ0n) is 16.3. The van der Waals surface area contributed by atoms with E-state index >= 15 is 0 Å². The molecule has 2 aliphatic heterocycles. The third-order valence-corrected chi connectivity index (χ3v) is 8.82. The SMILES string of the molecule is CC1CC(N2CCC3(CC2)CS(=O)C3)C[C@H]1c1cc(C(F)(F)F)n(CC(F)F)n1. The van der Waals surface area contributed by atoms with Crippen molar-refractivity contribution in [3.05, 3.63) is 17.5 Å². The summed E-state index contributed by atoms with van der Waals surface area (Å²) in [6, 6.07) is 1.23.